The van der Waals surface area contributed by atoms with Crippen LogP contribution in [0.5, 0.6) is 0 Å². The fourth-order valence-corrected chi connectivity index (χ4v) is 2.77. The first-order chi connectivity index (χ1) is 9.47. The molecule has 7 heteroatoms. The first-order valence-corrected chi connectivity index (χ1v) is 7.73. The summed E-state index contributed by atoms with van der Waals surface area (Å²) in [5.41, 5.74) is -0.0918. The van der Waals surface area contributed by atoms with E-state index in [1.54, 1.807) is 0 Å². The van der Waals surface area contributed by atoms with Gasteiger partial charge in [-0.15, -0.1) is 0 Å². The van der Waals surface area contributed by atoms with E-state index in [1.165, 1.54) is 14.2 Å². The molecule has 0 saturated carbocycles. The van der Waals surface area contributed by atoms with Crippen molar-refractivity contribution in [2.45, 2.75) is 32.3 Å². The second kappa shape index (κ2) is 8.41. The molecule has 0 fully saturated rings. The summed E-state index contributed by atoms with van der Waals surface area (Å²) < 4.78 is 55.1. The number of rotatable bonds is 8. The Morgan fingerprint density at radius 3 is 2.15 bits per heavy atom. The SMILES string of the molecule is CO[SiH](OC)OC(C)CCCc1c(F)cc(F)cc1F. The zero-order valence-electron chi connectivity index (χ0n) is 11.8. The molecule has 114 valence electrons. The van der Waals surface area contributed by atoms with E-state index >= 15 is 0 Å². The molecule has 1 unspecified atom stereocenters. The Labute approximate surface area is 118 Å². The van der Waals surface area contributed by atoms with Crippen LogP contribution in [-0.2, 0) is 19.7 Å². The fourth-order valence-electron chi connectivity index (χ4n) is 1.84. The van der Waals surface area contributed by atoms with Crippen LogP contribution < -0.4 is 0 Å². The standard InChI is InChI=1S/C13H19F3O3Si/c1-9(19-20(17-2)18-3)5-4-6-11-12(15)7-10(14)8-13(11)16/h7-9,20H,4-6H2,1-3H3. The average Bonchev–Trinajstić information content (AvgIpc) is 2.38. The van der Waals surface area contributed by atoms with Gasteiger partial charge in [0.25, 0.3) is 0 Å². The van der Waals surface area contributed by atoms with Crippen molar-refractivity contribution >= 4 is 9.53 Å². The van der Waals surface area contributed by atoms with Gasteiger partial charge in [0.1, 0.15) is 17.5 Å². The van der Waals surface area contributed by atoms with Gasteiger partial charge < -0.3 is 13.3 Å². The highest BCUT2D eigenvalue weighted by Crippen LogP contribution is 2.18. The Bertz CT molecular complexity index is 404. The van der Waals surface area contributed by atoms with Gasteiger partial charge in [-0.1, -0.05) is 0 Å². The molecule has 0 bridgehead atoms. The van der Waals surface area contributed by atoms with Crippen LogP contribution in [0.1, 0.15) is 25.3 Å². The monoisotopic (exact) mass is 308 g/mol. The topological polar surface area (TPSA) is 27.7 Å². The first kappa shape index (κ1) is 17.2. The van der Waals surface area contributed by atoms with E-state index in [9.17, 15) is 13.2 Å². The number of hydrogen-bond acceptors (Lipinski definition) is 3. The molecule has 0 aliphatic heterocycles. The van der Waals surface area contributed by atoms with Gasteiger partial charge in [-0.05, 0) is 26.2 Å². The van der Waals surface area contributed by atoms with Crippen LogP contribution in [0.25, 0.3) is 0 Å². The minimum absolute atomic E-state index is 0.0918. The molecule has 0 amide bonds. The second-order valence-corrected chi connectivity index (χ2v) is 6.24. The zero-order chi connectivity index (χ0) is 15.1. The predicted molar refractivity (Wildman–Crippen MR) is 71.0 cm³/mol. The van der Waals surface area contributed by atoms with Crippen molar-refractivity contribution < 1.29 is 26.4 Å². The molecule has 1 rings (SSSR count). The first-order valence-electron chi connectivity index (χ1n) is 6.32. The van der Waals surface area contributed by atoms with Crippen LogP contribution >= 0.6 is 0 Å². The van der Waals surface area contributed by atoms with Gasteiger partial charge in [0.2, 0.25) is 0 Å². The normalized spacial score (nSPS) is 12.9. The molecule has 1 aromatic carbocycles. The maximum atomic E-state index is 13.4. The summed E-state index contributed by atoms with van der Waals surface area (Å²) in [4.78, 5) is 0. The summed E-state index contributed by atoms with van der Waals surface area (Å²) in [7, 11) is 0.930. The van der Waals surface area contributed by atoms with E-state index in [0.717, 1.165) is 0 Å². The van der Waals surface area contributed by atoms with E-state index < -0.39 is 27.0 Å². The molecule has 0 aliphatic carbocycles. The highest BCUT2D eigenvalue weighted by molar-refractivity contribution is 6.36. The third-order valence-corrected chi connectivity index (χ3v) is 4.33. The molecular formula is C13H19F3O3Si. The Morgan fingerprint density at radius 2 is 1.65 bits per heavy atom. The number of halogens is 3. The van der Waals surface area contributed by atoms with Crippen molar-refractivity contribution in [1.29, 1.82) is 0 Å². The lowest BCUT2D eigenvalue weighted by Gasteiger charge is -2.18. The van der Waals surface area contributed by atoms with E-state index in [4.69, 9.17) is 13.3 Å². The second-order valence-electron chi connectivity index (χ2n) is 4.45. The van der Waals surface area contributed by atoms with Crippen LogP contribution in [0, 0.1) is 17.5 Å². The van der Waals surface area contributed by atoms with Gasteiger partial charge in [0, 0.05) is 38.0 Å². The van der Waals surface area contributed by atoms with Gasteiger partial charge in [0.05, 0.1) is 0 Å². The van der Waals surface area contributed by atoms with E-state index in [0.29, 0.717) is 25.0 Å². The highest BCUT2D eigenvalue weighted by Gasteiger charge is 2.16. The van der Waals surface area contributed by atoms with Crippen LogP contribution in [-0.4, -0.2) is 29.9 Å². The molecular weight excluding hydrogens is 289 g/mol. The number of hydrogen-bond donors (Lipinski definition) is 0. The summed E-state index contributed by atoms with van der Waals surface area (Å²) in [5, 5.41) is 0. The van der Waals surface area contributed by atoms with Gasteiger partial charge in [-0.2, -0.15) is 0 Å². The maximum Gasteiger partial charge on any atom is 0.483 e. The van der Waals surface area contributed by atoms with Gasteiger partial charge in [-0.3, -0.25) is 0 Å². The summed E-state index contributed by atoms with van der Waals surface area (Å²) >= 11 is 0. The maximum absolute atomic E-state index is 13.4. The van der Waals surface area contributed by atoms with Crippen LogP contribution in [0.15, 0.2) is 12.1 Å². The molecule has 0 saturated heterocycles. The van der Waals surface area contributed by atoms with Crippen molar-refractivity contribution in [2.75, 3.05) is 14.2 Å². The van der Waals surface area contributed by atoms with Crippen molar-refractivity contribution in [3.05, 3.63) is 35.1 Å². The van der Waals surface area contributed by atoms with Crippen molar-refractivity contribution in [1.82, 2.24) is 0 Å². The Balaban J connectivity index is 2.45. The zero-order valence-corrected chi connectivity index (χ0v) is 12.9. The summed E-state index contributed by atoms with van der Waals surface area (Å²) in [5.74, 6) is -2.61. The molecule has 0 N–H and O–H groups in total. The molecule has 0 radical (unpaired) electrons. The third kappa shape index (κ3) is 5.24. The van der Waals surface area contributed by atoms with E-state index in [-0.39, 0.29) is 18.1 Å². The average molecular weight is 308 g/mol. The predicted octanol–water partition coefficient (Wildman–Crippen LogP) is 2.84. The molecule has 3 nitrogen and oxygen atoms in total. The van der Waals surface area contributed by atoms with Crippen LogP contribution in [0.3, 0.4) is 0 Å². The molecule has 0 aromatic heterocycles. The summed E-state index contributed by atoms with van der Waals surface area (Å²) in [6, 6.07) is 1.38. The molecule has 20 heavy (non-hydrogen) atoms. The molecule has 1 atom stereocenters. The van der Waals surface area contributed by atoms with Crippen molar-refractivity contribution in [3.8, 4) is 0 Å². The summed E-state index contributed by atoms with van der Waals surface area (Å²) in [6.45, 7) is 1.84. The minimum atomic E-state index is -2.09. The Kier molecular flexibility index (Phi) is 7.21. The Hall–Kier alpha value is -0.893. The number of benzene rings is 1. The Morgan fingerprint density at radius 1 is 1.10 bits per heavy atom. The fraction of sp³-hybridized carbons (Fsp3) is 0.538. The van der Waals surface area contributed by atoms with Crippen molar-refractivity contribution in [2.24, 2.45) is 0 Å². The van der Waals surface area contributed by atoms with Crippen LogP contribution in [0.2, 0.25) is 0 Å². The third-order valence-electron chi connectivity index (χ3n) is 2.87. The van der Waals surface area contributed by atoms with E-state index in [2.05, 4.69) is 0 Å². The quantitative estimate of drug-likeness (QED) is 0.691. The molecule has 1 aromatic rings. The smallest absolute Gasteiger partial charge is 0.379 e. The molecule has 0 spiro atoms. The largest absolute Gasteiger partial charge is 0.483 e. The highest BCUT2D eigenvalue weighted by atomic mass is 28.3. The van der Waals surface area contributed by atoms with Crippen molar-refractivity contribution in [3.63, 3.8) is 0 Å². The van der Waals surface area contributed by atoms with E-state index in [1.807, 2.05) is 6.92 Å². The molecule has 0 heterocycles. The summed E-state index contributed by atoms with van der Waals surface area (Å²) in [6.07, 6.45) is 1.19. The van der Waals surface area contributed by atoms with Crippen LogP contribution in [0.4, 0.5) is 13.2 Å². The lowest BCUT2D eigenvalue weighted by Crippen LogP contribution is -2.28. The van der Waals surface area contributed by atoms with Gasteiger partial charge in [0.15, 0.2) is 0 Å². The lowest BCUT2D eigenvalue weighted by molar-refractivity contribution is 0.0896. The van der Waals surface area contributed by atoms with Gasteiger partial charge >= 0.3 is 9.53 Å². The van der Waals surface area contributed by atoms with Gasteiger partial charge in [-0.25, -0.2) is 13.2 Å². The minimum Gasteiger partial charge on any atom is -0.379 e. The lowest BCUT2D eigenvalue weighted by atomic mass is 10.1. The molecule has 0 aliphatic rings.